The van der Waals surface area contributed by atoms with E-state index >= 15 is 0 Å². The number of hydrogen-bond acceptors (Lipinski definition) is 3. The number of benzene rings is 1. The number of diazo groups is 1. The van der Waals surface area contributed by atoms with Gasteiger partial charge in [-0.2, -0.15) is 0 Å². The van der Waals surface area contributed by atoms with Gasteiger partial charge < -0.3 is 9.47 Å². The first-order valence-electron chi connectivity index (χ1n) is 3.49. The van der Waals surface area contributed by atoms with Crippen LogP contribution in [-0.2, 0) is 0 Å². The van der Waals surface area contributed by atoms with Crippen LogP contribution in [0.25, 0.3) is 4.98 Å². The normalized spacial score (nSPS) is 9.08. The van der Waals surface area contributed by atoms with Crippen LogP contribution in [0.15, 0.2) is 12.1 Å². The molecule has 0 aliphatic heterocycles. The Kier molecular flexibility index (Phi) is 2.93. The third-order valence-corrected chi connectivity index (χ3v) is 1.86. The Morgan fingerprint density at radius 1 is 1.23 bits per heavy atom. The average Bonchev–Trinajstić information content (AvgIpc) is 2.17. The van der Waals surface area contributed by atoms with Crippen LogP contribution in [-0.4, -0.2) is 14.2 Å². The zero-order valence-electron chi connectivity index (χ0n) is 7.24. The second-order valence-electron chi connectivity index (χ2n) is 2.26. The highest BCUT2D eigenvalue weighted by Gasteiger charge is 2.18. The van der Waals surface area contributed by atoms with Crippen molar-refractivity contribution in [1.29, 1.82) is 5.39 Å². The second-order valence-corrected chi connectivity index (χ2v) is 2.67. The van der Waals surface area contributed by atoms with Crippen molar-refractivity contribution in [3.63, 3.8) is 0 Å². The predicted octanol–water partition coefficient (Wildman–Crippen LogP) is 2.84. The minimum Gasteiger partial charge on any atom is -0.495 e. The standard InChI is InChI=1S/C8H8ClN2O2/c1-12-7-4-8(13-2)6(11-10)3-5(7)9/h3-4H,1-2H3/q+1. The van der Waals surface area contributed by atoms with Gasteiger partial charge in [-0.25, -0.2) is 0 Å². The Labute approximate surface area is 80.7 Å². The van der Waals surface area contributed by atoms with Gasteiger partial charge in [0.25, 0.3) is 0 Å². The first kappa shape index (κ1) is 9.62. The molecular formula is C8H8ClN2O2+. The molecule has 0 amide bonds. The fourth-order valence-corrected chi connectivity index (χ4v) is 1.16. The molecule has 0 radical (unpaired) electrons. The van der Waals surface area contributed by atoms with Crippen LogP contribution in [0.5, 0.6) is 11.5 Å². The van der Waals surface area contributed by atoms with Crippen molar-refractivity contribution in [3.8, 4) is 11.5 Å². The Morgan fingerprint density at radius 3 is 2.31 bits per heavy atom. The van der Waals surface area contributed by atoms with Crippen molar-refractivity contribution in [1.82, 2.24) is 0 Å². The van der Waals surface area contributed by atoms with E-state index in [2.05, 4.69) is 4.98 Å². The Hall–Kier alpha value is -1.47. The van der Waals surface area contributed by atoms with Gasteiger partial charge >= 0.3 is 5.69 Å². The van der Waals surface area contributed by atoms with Crippen LogP contribution in [0.4, 0.5) is 5.69 Å². The summed E-state index contributed by atoms with van der Waals surface area (Å²) in [4.78, 5) is 3.01. The van der Waals surface area contributed by atoms with E-state index in [0.29, 0.717) is 16.5 Å². The number of methoxy groups -OCH3 is 2. The van der Waals surface area contributed by atoms with Gasteiger partial charge in [-0.15, -0.1) is 0 Å². The molecule has 13 heavy (non-hydrogen) atoms. The largest absolute Gasteiger partial charge is 0.495 e. The molecule has 0 saturated heterocycles. The van der Waals surface area contributed by atoms with Gasteiger partial charge in [0.1, 0.15) is 5.75 Å². The topological polar surface area (TPSA) is 46.6 Å². The minimum absolute atomic E-state index is 0.272. The predicted molar refractivity (Wildman–Crippen MR) is 49.3 cm³/mol. The van der Waals surface area contributed by atoms with Crippen LogP contribution in [0.2, 0.25) is 5.02 Å². The number of rotatable bonds is 2. The zero-order valence-corrected chi connectivity index (χ0v) is 8.00. The Bertz CT molecular complexity index is 360. The van der Waals surface area contributed by atoms with Gasteiger partial charge in [-0.05, 0) is 0 Å². The maximum atomic E-state index is 8.58. The summed E-state index contributed by atoms with van der Waals surface area (Å²) in [6.45, 7) is 0. The highest BCUT2D eigenvalue weighted by atomic mass is 35.5. The number of hydrogen-bond donors (Lipinski definition) is 0. The third kappa shape index (κ3) is 1.82. The number of nitrogens with zero attached hydrogens (tertiary/aromatic N) is 2. The van der Waals surface area contributed by atoms with Crippen molar-refractivity contribution in [2.45, 2.75) is 0 Å². The van der Waals surface area contributed by atoms with E-state index in [9.17, 15) is 0 Å². The molecule has 0 atom stereocenters. The summed E-state index contributed by atoms with van der Waals surface area (Å²) in [7, 11) is 2.97. The lowest BCUT2D eigenvalue weighted by Gasteiger charge is -2.02. The lowest BCUT2D eigenvalue weighted by atomic mass is 10.3. The molecule has 5 heteroatoms. The molecular weight excluding hydrogens is 192 g/mol. The van der Waals surface area contributed by atoms with Crippen molar-refractivity contribution in [2.24, 2.45) is 0 Å². The van der Waals surface area contributed by atoms with Crippen LogP contribution in [0, 0.1) is 5.39 Å². The second kappa shape index (κ2) is 3.97. The average molecular weight is 200 g/mol. The third-order valence-electron chi connectivity index (χ3n) is 1.56. The molecule has 1 aromatic carbocycles. The highest BCUT2D eigenvalue weighted by molar-refractivity contribution is 6.32. The maximum absolute atomic E-state index is 8.58. The molecule has 0 aliphatic carbocycles. The van der Waals surface area contributed by atoms with Gasteiger partial charge in [0.05, 0.1) is 25.3 Å². The van der Waals surface area contributed by atoms with Crippen LogP contribution in [0.3, 0.4) is 0 Å². The molecule has 0 spiro atoms. The fraction of sp³-hybridized carbons (Fsp3) is 0.250. The van der Waals surface area contributed by atoms with Crippen molar-refractivity contribution in [2.75, 3.05) is 14.2 Å². The van der Waals surface area contributed by atoms with E-state index in [1.807, 2.05) is 0 Å². The van der Waals surface area contributed by atoms with Gasteiger partial charge in [0, 0.05) is 6.07 Å². The number of halogens is 1. The first-order chi connectivity index (χ1) is 6.22. The molecule has 0 heterocycles. The minimum atomic E-state index is 0.272. The lowest BCUT2D eigenvalue weighted by Crippen LogP contribution is -1.87. The molecule has 68 valence electrons. The Balaban J connectivity index is 3.28. The van der Waals surface area contributed by atoms with E-state index in [4.69, 9.17) is 26.5 Å². The van der Waals surface area contributed by atoms with Crippen molar-refractivity contribution in [3.05, 3.63) is 22.1 Å². The van der Waals surface area contributed by atoms with Crippen LogP contribution >= 0.6 is 11.6 Å². The molecule has 0 saturated carbocycles. The van der Waals surface area contributed by atoms with Crippen LogP contribution in [0.1, 0.15) is 0 Å². The Morgan fingerprint density at radius 2 is 1.85 bits per heavy atom. The lowest BCUT2D eigenvalue weighted by molar-refractivity contribution is 0.396. The molecule has 1 rings (SSSR count). The van der Waals surface area contributed by atoms with Crippen molar-refractivity contribution < 1.29 is 9.47 Å². The highest BCUT2D eigenvalue weighted by Crippen LogP contribution is 2.37. The SMILES string of the molecule is COc1cc(OC)c([N+]#N)cc1Cl. The zero-order chi connectivity index (χ0) is 9.84. The number of ether oxygens (including phenoxy) is 2. The first-order valence-corrected chi connectivity index (χ1v) is 3.87. The molecule has 4 nitrogen and oxygen atoms in total. The molecule has 0 unspecified atom stereocenters. The summed E-state index contributed by atoms with van der Waals surface area (Å²) in [5, 5.41) is 8.95. The summed E-state index contributed by atoms with van der Waals surface area (Å²) in [6.07, 6.45) is 0. The maximum Gasteiger partial charge on any atom is 0.428 e. The molecule has 0 aliphatic rings. The molecule has 0 bridgehead atoms. The summed E-state index contributed by atoms with van der Waals surface area (Å²) in [6, 6.07) is 3.01. The van der Waals surface area contributed by atoms with Gasteiger partial charge in [-0.1, -0.05) is 11.6 Å². The fourth-order valence-electron chi connectivity index (χ4n) is 0.922. The molecule has 1 aromatic rings. The van der Waals surface area contributed by atoms with E-state index < -0.39 is 0 Å². The van der Waals surface area contributed by atoms with Crippen LogP contribution < -0.4 is 9.47 Å². The van der Waals surface area contributed by atoms with E-state index in [0.717, 1.165) is 0 Å². The quantitative estimate of drug-likeness (QED) is 0.688. The summed E-state index contributed by atoms with van der Waals surface area (Å²) in [5.74, 6) is 0.884. The van der Waals surface area contributed by atoms with E-state index in [1.54, 1.807) is 6.07 Å². The van der Waals surface area contributed by atoms with Crippen molar-refractivity contribution >= 4 is 17.3 Å². The van der Waals surface area contributed by atoms with E-state index in [-0.39, 0.29) is 5.69 Å². The molecule has 0 fully saturated rings. The summed E-state index contributed by atoms with van der Waals surface area (Å²) < 4.78 is 9.89. The van der Waals surface area contributed by atoms with Gasteiger partial charge in [-0.3, -0.25) is 0 Å². The molecule has 0 aromatic heterocycles. The summed E-state index contributed by atoms with van der Waals surface area (Å²) >= 11 is 5.79. The summed E-state index contributed by atoms with van der Waals surface area (Å²) in [5.41, 5.74) is 0.272. The van der Waals surface area contributed by atoms with Gasteiger partial charge in [0.15, 0.2) is 4.98 Å². The monoisotopic (exact) mass is 199 g/mol. The molecule has 0 N–H and O–H groups in total. The smallest absolute Gasteiger partial charge is 0.428 e. The van der Waals surface area contributed by atoms with E-state index in [1.165, 1.54) is 20.3 Å². The van der Waals surface area contributed by atoms with Gasteiger partial charge in [0.2, 0.25) is 11.1 Å².